The van der Waals surface area contributed by atoms with E-state index in [4.69, 9.17) is 0 Å². The average Bonchev–Trinajstić information content (AvgIpc) is 2.95. The molecule has 4 aromatic rings. The Morgan fingerprint density at radius 3 is 1.16 bits per heavy atom. The van der Waals surface area contributed by atoms with E-state index in [2.05, 4.69) is 72.8 Å². The molecule has 3 heteroatoms. The summed E-state index contributed by atoms with van der Waals surface area (Å²) in [4.78, 5) is 0. The molecule has 0 aliphatic heterocycles. The summed E-state index contributed by atoms with van der Waals surface area (Å²) in [6.07, 6.45) is 9.57. The predicted molar refractivity (Wildman–Crippen MR) is 157 cm³/mol. The van der Waals surface area contributed by atoms with Gasteiger partial charge in [0.1, 0.15) is 9.84 Å². The topological polar surface area (TPSA) is 34.1 Å². The van der Waals surface area contributed by atoms with E-state index in [1.54, 1.807) is 0 Å². The van der Waals surface area contributed by atoms with Crippen LogP contribution in [0, 0.1) is 0 Å². The molecule has 0 amide bonds. The highest BCUT2D eigenvalue weighted by molar-refractivity contribution is 7.91. The Balaban J connectivity index is 1.44. The number of allylic oxidation sites excluding steroid dienone is 2. The van der Waals surface area contributed by atoms with Gasteiger partial charge in [0.05, 0.1) is 11.5 Å². The van der Waals surface area contributed by atoms with Crippen LogP contribution in [0.5, 0.6) is 0 Å². The highest BCUT2D eigenvalue weighted by Crippen LogP contribution is 2.26. The maximum Gasteiger partial charge on any atom is 0.150 e. The number of hydrogen-bond donors (Lipinski definition) is 0. The molecule has 2 unspecified atom stereocenters. The Bertz CT molecular complexity index is 1260. The van der Waals surface area contributed by atoms with Crippen LogP contribution in [0.25, 0.3) is 12.2 Å². The molecule has 4 rings (SSSR count). The second-order valence-electron chi connectivity index (χ2n) is 9.30. The van der Waals surface area contributed by atoms with Crippen LogP contribution in [-0.4, -0.2) is 19.9 Å². The molecule has 37 heavy (non-hydrogen) atoms. The number of sulfone groups is 1. The van der Waals surface area contributed by atoms with Gasteiger partial charge in [-0.3, -0.25) is 0 Å². The molecule has 0 radical (unpaired) electrons. The summed E-state index contributed by atoms with van der Waals surface area (Å²) < 4.78 is 26.4. The molecular formula is C34H34O2S. The predicted octanol–water partition coefficient (Wildman–Crippen LogP) is 8.18. The summed E-state index contributed by atoms with van der Waals surface area (Å²) in [7, 11) is -3.22. The van der Waals surface area contributed by atoms with Gasteiger partial charge in [-0.15, -0.1) is 0 Å². The molecule has 0 bridgehead atoms. The van der Waals surface area contributed by atoms with Crippen molar-refractivity contribution in [1.82, 2.24) is 0 Å². The van der Waals surface area contributed by atoms with Gasteiger partial charge in [0.25, 0.3) is 0 Å². The van der Waals surface area contributed by atoms with Crippen LogP contribution >= 0.6 is 0 Å². The monoisotopic (exact) mass is 506 g/mol. The van der Waals surface area contributed by atoms with Gasteiger partial charge >= 0.3 is 0 Å². The molecule has 0 aliphatic carbocycles. The number of rotatable bonds is 12. The SMILES string of the molecule is O=S(=O)(CCC(C=Cc1ccccc1)c1ccccc1)CCC(C=Cc1ccccc1)c1ccccc1. The van der Waals surface area contributed by atoms with Gasteiger partial charge in [-0.1, -0.05) is 146 Å². The molecule has 0 spiro atoms. The summed E-state index contributed by atoms with van der Waals surface area (Å²) in [6.45, 7) is 0. The van der Waals surface area contributed by atoms with Crippen LogP contribution in [0.15, 0.2) is 133 Å². The van der Waals surface area contributed by atoms with Crippen molar-refractivity contribution in [1.29, 1.82) is 0 Å². The van der Waals surface area contributed by atoms with Crippen molar-refractivity contribution >= 4 is 22.0 Å². The molecular weight excluding hydrogens is 472 g/mol. The van der Waals surface area contributed by atoms with E-state index in [0.29, 0.717) is 12.8 Å². The van der Waals surface area contributed by atoms with Crippen molar-refractivity contribution in [2.75, 3.05) is 11.5 Å². The third-order valence-electron chi connectivity index (χ3n) is 6.58. The Hall–Kier alpha value is -3.69. The summed E-state index contributed by atoms with van der Waals surface area (Å²) in [5, 5.41) is 0. The minimum absolute atomic E-state index is 0.0408. The van der Waals surface area contributed by atoms with Gasteiger partial charge in [-0.25, -0.2) is 8.42 Å². The molecule has 188 valence electrons. The van der Waals surface area contributed by atoms with E-state index in [-0.39, 0.29) is 23.3 Å². The summed E-state index contributed by atoms with van der Waals surface area (Å²) in [5.41, 5.74) is 4.50. The second kappa shape index (κ2) is 13.6. The van der Waals surface area contributed by atoms with Crippen LogP contribution < -0.4 is 0 Å². The molecule has 0 saturated carbocycles. The first-order chi connectivity index (χ1) is 18.1. The number of hydrogen-bond acceptors (Lipinski definition) is 2. The van der Waals surface area contributed by atoms with Crippen molar-refractivity contribution in [3.63, 3.8) is 0 Å². The van der Waals surface area contributed by atoms with E-state index >= 15 is 0 Å². The minimum Gasteiger partial charge on any atom is -0.229 e. The second-order valence-corrected chi connectivity index (χ2v) is 11.6. The zero-order valence-corrected chi connectivity index (χ0v) is 21.9. The first-order valence-corrected chi connectivity index (χ1v) is 14.7. The van der Waals surface area contributed by atoms with Crippen LogP contribution in [0.4, 0.5) is 0 Å². The fraction of sp³-hybridized carbons (Fsp3) is 0.176. The Kier molecular flexibility index (Phi) is 9.67. The molecule has 0 fully saturated rings. The lowest BCUT2D eigenvalue weighted by molar-refractivity contribution is 0.586. The summed E-state index contributed by atoms with van der Waals surface area (Å²) >= 11 is 0. The zero-order chi connectivity index (χ0) is 25.8. The van der Waals surface area contributed by atoms with E-state index in [9.17, 15) is 8.42 Å². The van der Waals surface area contributed by atoms with Gasteiger partial charge in [0.15, 0.2) is 0 Å². The zero-order valence-electron chi connectivity index (χ0n) is 21.1. The van der Waals surface area contributed by atoms with E-state index in [0.717, 1.165) is 22.3 Å². The Morgan fingerprint density at radius 1 is 0.486 bits per heavy atom. The van der Waals surface area contributed by atoms with Crippen LogP contribution in [-0.2, 0) is 9.84 Å². The molecule has 4 aromatic carbocycles. The maximum absolute atomic E-state index is 13.2. The highest BCUT2D eigenvalue weighted by Gasteiger charge is 2.18. The number of benzene rings is 4. The van der Waals surface area contributed by atoms with Crippen LogP contribution in [0.2, 0.25) is 0 Å². The smallest absolute Gasteiger partial charge is 0.150 e. The third kappa shape index (κ3) is 8.73. The van der Waals surface area contributed by atoms with Gasteiger partial charge in [0, 0.05) is 11.8 Å². The van der Waals surface area contributed by atoms with Crippen LogP contribution in [0.1, 0.15) is 46.9 Å². The molecule has 2 atom stereocenters. The largest absolute Gasteiger partial charge is 0.229 e. The summed E-state index contributed by atoms with van der Waals surface area (Å²) in [6, 6.07) is 40.6. The van der Waals surface area contributed by atoms with Crippen molar-refractivity contribution < 1.29 is 8.42 Å². The minimum atomic E-state index is -3.22. The Labute approximate surface area is 221 Å². The third-order valence-corrected chi connectivity index (χ3v) is 8.29. The molecule has 0 saturated heterocycles. The fourth-order valence-corrected chi connectivity index (χ4v) is 5.88. The van der Waals surface area contributed by atoms with E-state index < -0.39 is 9.84 Å². The van der Waals surface area contributed by atoms with Crippen molar-refractivity contribution in [3.8, 4) is 0 Å². The van der Waals surface area contributed by atoms with Gasteiger partial charge < -0.3 is 0 Å². The Morgan fingerprint density at radius 2 is 0.811 bits per heavy atom. The quantitative estimate of drug-likeness (QED) is 0.194. The lowest BCUT2D eigenvalue weighted by Gasteiger charge is -2.16. The fourth-order valence-electron chi connectivity index (χ4n) is 4.45. The van der Waals surface area contributed by atoms with Gasteiger partial charge in [-0.05, 0) is 35.1 Å². The van der Waals surface area contributed by atoms with Crippen molar-refractivity contribution in [2.24, 2.45) is 0 Å². The average molecular weight is 507 g/mol. The molecule has 0 aliphatic rings. The lowest BCUT2D eigenvalue weighted by atomic mass is 9.95. The molecule has 0 heterocycles. The lowest BCUT2D eigenvalue weighted by Crippen LogP contribution is -2.15. The van der Waals surface area contributed by atoms with E-state index in [1.807, 2.05) is 72.8 Å². The first kappa shape index (κ1) is 26.4. The van der Waals surface area contributed by atoms with Crippen LogP contribution in [0.3, 0.4) is 0 Å². The maximum atomic E-state index is 13.2. The van der Waals surface area contributed by atoms with Crippen molar-refractivity contribution in [3.05, 3.63) is 156 Å². The summed E-state index contributed by atoms with van der Waals surface area (Å²) in [5.74, 6) is 0.406. The first-order valence-electron chi connectivity index (χ1n) is 12.9. The van der Waals surface area contributed by atoms with Gasteiger partial charge in [0.2, 0.25) is 0 Å². The van der Waals surface area contributed by atoms with Gasteiger partial charge in [-0.2, -0.15) is 0 Å². The normalized spacial score (nSPS) is 13.6. The highest BCUT2D eigenvalue weighted by atomic mass is 32.2. The van der Waals surface area contributed by atoms with E-state index in [1.165, 1.54) is 0 Å². The molecule has 2 nitrogen and oxygen atoms in total. The molecule has 0 N–H and O–H groups in total. The van der Waals surface area contributed by atoms with Crippen molar-refractivity contribution in [2.45, 2.75) is 24.7 Å². The molecule has 0 aromatic heterocycles. The standard InChI is InChI=1S/C34H34O2S/c35-37(36,27-25-33(31-17-9-3-10-18-31)23-21-29-13-5-1-6-14-29)28-26-34(32-19-11-4-12-20-32)24-22-30-15-7-2-8-16-30/h1-24,33-34H,25-28H2.